The van der Waals surface area contributed by atoms with E-state index in [1.165, 1.54) is 6.07 Å². The van der Waals surface area contributed by atoms with Gasteiger partial charge in [-0.2, -0.15) is 0 Å². The van der Waals surface area contributed by atoms with E-state index < -0.39 is 0 Å². The molecule has 0 spiro atoms. The largest absolute Gasteiger partial charge is 0.454 e. The maximum absolute atomic E-state index is 13.5. The summed E-state index contributed by atoms with van der Waals surface area (Å²) in [5, 5.41) is 6.32. The van der Waals surface area contributed by atoms with Crippen LogP contribution in [0.5, 0.6) is 11.5 Å². The van der Waals surface area contributed by atoms with E-state index in [4.69, 9.17) is 21.7 Å². The Hall–Kier alpha value is -2.34. The van der Waals surface area contributed by atoms with Gasteiger partial charge in [-0.3, -0.25) is 0 Å². The molecule has 21 heavy (non-hydrogen) atoms. The van der Waals surface area contributed by atoms with Crippen molar-refractivity contribution in [1.82, 2.24) is 0 Å². The van der Waals surface area contributed by atoms with E-state index in [0.29, 0.717) is 27.9 Å². The van der Waals surface area contributed by atoms with Crippen LogP contribution in [0.1, 0.15) is 5.56 Å². The second-order valence-electron chi connectivity index (χ2n) is 4.61. The van der Waals surface area contributed by atoms with Gasteiger partial charge in [0, 0.05) is 17.4 Å². The minimum Gasteiger partial charge on any atom is -0.454 e. The molecule has 2 N–H and O–H groups in total. The Bertz CT molecular complexity index is 706. The summed E-state index contributed by atoms with van der Waals surface area (Å²) < 4.78 is 24.0. The third-order valence-corrected chi connectivity index (χ3v) is 3.26. The van der Waals surface area contributed by atoms with Gasteiger partial charge in [-0.25, -0.2) is 4.39 Å². The lowest BCUT2D eigenvalue weighted by molar-refractivity contribution is 0.174. The normalized spacial score (nSPS) is 12.1. The topological polar surface area (TPSA) is 42.5 Å². The number of rotatable bonds is 2. The van der Waals surface area contributed by atoms with E-state index >= 15 is 0 Å². The summed E-state index contributed by atoms with van der Waals surface area (Å²) in [6.07, 6.45) is 0. The second kappa shape index (κ2) is 5.57. The first kappa shape index (κ1) is 13.6. The number of aryl methyl sites for hydroxylation is 1. The molecule has 0 amide bonds. The van der Waals surface area contributed by atoms with Gasteiger partial charge in [0.25, 0.3) is 0 Å². The molecule has 6 heteroatoms. The van der Waals surface area contributed by atoms with Gasteiger partial charge in [0.15, 0.2) is 16.6 Å². The Balaban J connectivity index is 1.67. The molecule has 0 bridgehead atoms. The highest BCUT2D eigenvalue weighted by molar-refractivity contribution is 7.80. The van der Waals surface area contributed by atoms with Gasteiger partial charge < -0.3 is 20.1 Å². The molecule has 4 nitrogen and oxygen atoms in total. The van der Waals surface area contributed by atoms with Crippen LogP contribution in [0.25, 0.3) is 0 Å². The zero-order chi connectivity index (χ0) is 14.8. The fraction of sp³-hybridized carbons (Fsp3) is 0.133. The minimum atomic E-state index is -0.272. The molecular formula is C15H13FN2O2S. The molecule has 1 aliphatic rings. The first-order valence-electron chi connectivity index (χ1n) is 6.35. The first-order valence-corrected chi connectivity index (χ1v) is 6.76. The molecule has 0 unspecified atom stereocenters. The number of nitrogens with one attached hydrogen (secondary N) is 2. The molecule has 0 aliphatic carbocycles. The Morgan fingerprint density at radius 3 is 2.48 bits per heavy atom. The molecule has 0 aromatic heterocycles. The van der Waals surface area contributed by atoms with Gasteiger partial charge in [-0.1, -0.05) is 6.07 Å². The van der Waals surface area contributed by atoms with Crippen LogP contribution in [-0.4, -0.2) is 11.9 Å². The Kier molecular flexibility index (Phi) is 3.62. The van der Waals surface area contributed by atoms with Crippen LogP contribution < -0.4 is 20.1 Å². The van der Waals surface area contributed by atoms with E-state index in [9.17, 15) is 4.39 Å². The number of ether oxygens (including phenoxy) is 2. The summed E-state index contributed by atoms with van der Waals surface area (Å²) >= 11 is 5.21. The van der Waals surface area contributed by atoms with E-state index in [1.807, 2.05) is 6.07 Å². The third-order valence-electron chi connectivity index (χ3n) is 3.06. The quantitative estimate of drug-likeness (QED) is 0.829. The molecule has 0 radical (unpaired) electrons. The van der Waals surface area contributed by atoms with Crippen molar-refractivity contribution in [2.75, 3.05) is 17.4 Å². The minimum absolute atomic E-state index is 0.226. The van der Waals surface area contributed by atoms with Crippen molar-refractivity contribution in [1.29, 1.82) is 0 Å². The fourth-order valence-electron chi connectivity index (χ4n) is 1.94. The zero-order valence-corrected chi connectivity index (χ0v) is 12.1. The standard InChI is InChI=1S/C15H13FN2O2S/c1-9-2-3-10(6-12(9)16)17-15(21)18-11-4-5-13-14(7-11)20-8-19-13/h2-7H,8H2,1H3,(H2,17,18,21). The van der Waals surface area contributed by atoms with Crippen molar-refractivity contribution in [3.8, 4) is 11.5 Å². The van der Waals surface area contributed by atoms with Crippen LogP contribution in [0.15, 0.2) is 36.4 Å². The van der Waals surface area contributed by atoms with Gasteiger partial charge in [0.2, 0.25) is 6.79 Å². The van der Waals surface area contributed by atoms with Crippen LogP contribution in [0.2, 0.25) is 0 Å². The average molecular weight is 304 g/mol. The van der Waals surface area contributed by atoms with E-state index in [2.05, 4.69) is 10.6 Å². The fourth-order valence-corrected chi connectivity index (χ4v) is 2.17. The van der Waals surface area contributed by atoms with Crippen LogP contribution in [0, 0.1) is 12.7 Å². The monoisotopic (exact) mass is 304 g/mol. The number of thiocarbonyl (C=S) groups is 1. The smallest absolute Gasteiger partial charge is 0.231 e. The predicted molar refractivity (Wildman–Crippen MR) is 83.5 cm³/mol. The average Bonchev–Trinajstić information content (AvgIpc) is 2.90. The van der Waals surface area contributed by atoms with E-state index in [1.54, 1.807) is 31.2 Å². The van der Waals surface area contributed by atoms with Gasteiger partial charge in [0.05, 0.1) is 0 Å². The zero-order valence-electron chi connectivity index (χ0n) is 11.3. The lowest BCUT2D eigenvalue weighted by Gasteiger charge is -2.11. The molecule has 3 rings (SSSR count). The van der Waals surface area contributed by atoms with Crippen molar-refractivity contribution in [2.24, 2.45) is 0 Å². The predicted octanol–water partition coefficient (Wildman–Crippen LogP) is 3.67. The summed E-state index contributed by atoms with van der Waals surface area (Å²) in [7, 11) is 0. The van der Waals surface area contributed by atoms with Gasteiger partial charge >= 0.3 is 0 Å². The maximum Gasteiger partial charge on any atom is 0.231 e. The maximum atomic E-state index is 13.5. The highest BCUT2D eigenvalue weighted by atomic mass is 32.1. The SMILES string of the molecule is Cc1ccc(NC(=S)Nc2ccc3c(c2)OCO3)cc1F. The summed E-state index contributed by atoms with van der Waals surface area (Å²) in [6, 6.07) is 10.3. The summed E-state index contributed by atoms with van der Waals surface area (Å²) in [5.74, 6) is 1.11. The van der Waals surface area contributed by atoms with Crippen LogP contribution >= 0.6 is 12.2 Å². The van der Waals surface area contributed by atoms with Crippen LogP contribution in [-0.2, 0) is 0 Å². The van der Waals surface area contributed by atoms with Crippen molar-refractivity contribution in [3.05, 3.63) is 47.8 Å². The number of halogens is 1. The van der Waals surface area contributed by atoms with E-state index in [-0.39, 0.29) is 12.6 Å². The third kappa shape index (κ3) is 3.05. The lowest BCUT2D eigenvalue weighted by atomic mass is 10.2. The second-order valence-corrected chi connectivity index (χ2v) is 5.02. The molecule has 2 aromatic rings. The molecule has 0 saturated carbocycles. The summed E-state index contributed by atoms with van der Waals surface area (Å²) in [4.78, 5) is 0. The van der Waals surface area contributed by atoms with Gasteiger partial charge in [-0.05, 0) is 49.0 Å². The highest BCUT2D eigenvalue weighted by Crippen LogP contribution is 2.34. The lowest BCUT2D eigenvalue weighted by Crippen LogP contribution is -2.19. The summed E-state index contributed by atoms with van der Waals surface area (Å²) in [6.45, 7) is 1.94. The van der Waals surface area contributed by atoms with Gasteiger partial charge in [-0.15, -0.1) is 0 Å². The molecule has 0 fully saturated rings. The summed E-state index contributed by atoms with van der Waals surface area (Å²) in [5.41, 5.74) is 1.95. The molecule has 0 atom stereocenters. The van der Waals surface area contributed by atoms with Crippen molar-refractivity contribution >= 4 is 28.7 Å². The Labute approximate surface area is 126 Å². The number of hydrogen-bond acceptors (Lipinski definition) is 3. The van der Waals surface area contributed by atoms with Crippen molar-refractivity contribution in [2.45, 2.75) is 6.92 Å². The Morgan fingerprint density at radius 2 is 1.71 bits per heavy atom. The number of benzene rings is 2. The van der Waals surface area contributed by atoms with E-state index in [0.717, 1.165) is 5.69 Å². The van der Waals surface area contributed by atoms with Crippen LogP contribution in [0.3, 0.4) is 0 Å². The molecule has 1 heterocycles. The number of fused-ring (bicyclic) bond motifs is 1. The molecule has 0 saturated heterocycles. The Morgan fingerprint density at radius 1 is 1.05 bits per heavy atom. The van der Waals surface area contributed by atoms with Crippen LogP contribution in [0.4, 0.5) is 15.8 Å². The molecule has 1 aliphatic heterocycles. The molecular weight excluding hydrogens is 291 g/mol. The first-order chi connectivity index (χ1) is 10.1. The molecule has 2 aromatic carbocycles. The molecule has 108 valence electrons. The van der Waals surface area contributed by atoms with Crippen molar-refractivity contribution < 1.29 is 13.9 Å². The van der Waals surface area contributed by atoms with Gasteiger partial charge in [0.1, 0.15) is 5.82 Å². The number of hydrogen-bond donors (Lipinski definition) is 2. The highest BCUT2D eigenvalue weighted by Gasteiger charge is 2.13. The van der Waals surface area contributed by atoms with Crippen molar-refractivity contribution in [3.63, 3.8) is 0 Å². The number of anilines is 2.